The first-order chi connectivity index (χ1) is 27.8. The van der Waals surface area contributed by atoms with Crippen molar-refractivity contribution >= 4 is 66.7 Å². The molecule has 2 heterocycles. The zero-order chi connectivity index (χ0) is 39.0. The monoisotopic (exact) mass is 740 g/mol. The Kier molecular flexibility index (Phi) is 10.1. The van der Waals surface area contributed by atoms with Gasteiger partial charge in [-0.25, -0.2) is 0 Å². The van der Waals surface area contributed by atoms with Crippen LogP contribution in [0.15, 0.2) is 164 Å². The molecule has 0 aliphatic heterocycles. The Morgan fingerprint density at radius 3 is 1.37 bits per heavy atom. The third kappa shape index (κ3) is 7.32. The summed E-state index contributed by atoms with van der Waals surface area (Å²) in [6.45, 7) is 13.9. The van der Waals surface area contributed by atoms with E-state index in [1.807, 2.05) is 0 Å². The second-order valence-corrected chi connectivity index (χ2v) is 17.4. The molecule has 57 heavy (non-hydrogen) atoms. The summed E-state index contributed by atoms with van der Waals surface area (Å²) in [5, 5.41) is 5.39. The van der Waals surface area contributed by atoms with Gasteiger partial charge in [-0.15, -0.1) is 0 Å². The van der Waals surface area contributed by atoms with E-state index in [2.05, 4.69) is 208 Å². The van der Waals surface area contributed by atoms with Gasteiger partial charge in [0.15, 0.2) is 0 Å². The van der Waals surface area contributed by atoms with Crippen molar-refractivity contribution in [3.63, 3.8) is 0 Å². The molecular weight excluding hydrogens is 687 g/mol. The molecule has 0 saturated carbocycles. The van der Waals surface area contributed by atoms with Gasteiger partial charge in [-0.1, -0.05) is 172 Å². The second-order valence-electron chi connectivity index (χ2n) is 17.4. The lowest BCUT2D eigenvalue weighted by atomic mass is 9.37. The van der Waals surface area contributed by atoms with Crippen LogP contribution in [0.1, 0.15) is 45.7 Å². The standard InChI is InChI=1S/C54H53BN2/c1-37(2)35-56-51-19-13-12-18-47(51)49-33-42(23-28-53(49)56)43-24-29-54-50(34-43)48-32-41(22-27-52(48)57(54)36-38(3)4)31-39(5)30-40-20-25-46(26-21-40)55(44-14-8-6-9-15-44)45-16-10-7-11-17-45/h6-29,32-34,37-39H,30-31,35-36H2,1-5H3. The Morgan fingerprint density at radius 1 is 0.386 bits per heavy atom. The number of rotatable bonds is 12. The van der Waals surface area contributed by atoms with Crippen molar-refractivity contribution in [1.82, 2.24) is 9.13 Å². The van der Waals surface area contributed by atoms with Gasteiger partial charge < -0.3 is 9.13 Å². The molecule has 282 valence electrons. The van der Waals surface area contributed by atoms with Crippen molar-refractivity contribution in [2.45, 2.75) is 60.5 Å². The molecule has 0 bridgehead atoms. The number of hydrogen-bond acceptors (Lipinski definition) is 0. The summed E-state index contributed by atoms with van der Waals surface area (Å²) in [6.07, 6.45) is 2.09. The van der Waals surface area contributed by atoms with Gasteiger partial charge in [-0.05, 0) is 95.3 Å². The Morgan fingerprint density at radius 2 is 0.807 bits per heavy atom. The molecule has 0 amide bonds. The summed E-state index contributed by atoms with van der Waals surface area (Å²) in [5.74, 6) is 1.64. The molecule has 9 aromatic rings. The molecule has 9 rings (SSSR count). The van der Waals surface area contributed by atoms with Crippen molar-refractivity contribution in [3.05, 3.63) is 175 Å². The topological polar surface area (TPSA) is 9.86 Å². The van der Waals surface area contributed by atoms with Gasteiger partial charge in [0.2, 0.25) is 6.71 Å². The summed E-state index contributed by atoms with van der Waals surface area (Å²) >= 11 is 0. The molecule has 2 aromatic heterocycles. The van der Waals surface area contributed by atoms with Crippen LogP contribution >= 0.6 is 0 Å². The molecule has 0 saturated heterocycles. The lowest BCUT2D eigenvalue weighted by Gasteiger charge is -2.17. The highest BCUT2D eigenvalue weighted by Gasteiger charge is 2.22. The summed E-state index contributed by atoms with van der Waals surface area (Å²) in [7, 11) is 0. The van der Waals surface area contributed by atoms with Crippen molar-refractivity contribution in [1.29, 1.82) is 0 Å². The van der Waals surface area contributed by atoms with Crippen LogP contribution in [0, 0.1) is 17.8 Å². The highest BCUT2D eigenvalue weighted by atomic mass is 15.0. The molecule has 2 nitrogen and oxygen atoms in total. The highest BCUT2D eigenvalue weighted by Crippen LogP contribution is 2.37. The average Bonchev–Trinajstić information content (AvgIpc) is 3.69. The Bertz CT molecular complexity index is 2770. The van der Waals surface area contributed by atoms with Crippen LogP contribution < -0.4 is 16.4 Å². The molecule has 0 fully saturated rings. The fourth-order valence-electron chi connectivity index (χ4n) is 9.41. The van der Waals surface area contributed by atoms with Crippen LogP contribution in [-0.2, 0) is 25.9 Å². The van der Waals surface area contributed by atoms with E-state index in [1.54, 1.807) is 0 Å². The minimum absolute atomic E-state index is 0.225. The van der Waals surface area contributed by atoms with Crippen LogP contribution in [0.3, 0.4) is 0 Å². The van der Waals surface area contributed by atoms with Crippen LogP contribution in [0.4, 0.5) is 0 Å². The summed E-state index contributed by atoms with van der Waals surface area (Å²) in [6, 6.07) is 61.6. The predicted octanol–water partition coefficient (Wildman–Crippen LogP) is 11.8. The second kappa shape index (κ2) is 15.6. The summed E-state index contributed by atoms with van der Waals surface area (Å²) < 4.78 is 5.06. The molecule has 0 radical (unpaired) electrons. The number of fused-ring (bicyclic) bond motifs is 6. The molecule has 7 aromatic carbocycles. The zero-order valence-electron chi connectivity index (χ0n) is 34.1. The predicted molar refractivity (Wildman–Crippen MR) is 248 cm³/mol. The number of hydrogen-bond donors (Lipinski definition) is 0. The fraction of sp³-hybridized carbons (Fsp3) is 0.222. The Hall–Kier alpha value is -5.80. The Labute approximate surface area is 338 Å². The van der Waals surface area contributed by atoms with Gasteiger partial charge in [-0.2, -0.15) is 0 Å². The maximum atomic E-state index is 2.55. The van der Waals surface area contributed by atoms with E-state index in [0.717, 1.165) is 25.9 Å². The third-order valence-electron chi connectivity index (χ3n) is 11.9. The highest BCUT2D eigenvalue weighted by molar-refractivity contribution is 6.95. The first-order valence-electron chi connectivity index (χ1n) is 21.1. The van der Waals surface area contributed by atoms with E-state index in [9.17, 15) is 0 Å². The van der Waals surface area contributed by atoms with Crippen molar-refractivity contribution < 1.29 is 0 Å². The van der Waals surface area contributed by atoms with Gasteiger partial charge in [0.05, 0.1) is 0 Å². The fourth-order valence-corrected chi connectivity index (χ4v) is 9.41. The smallest absolute Gasteiger partial charge is 0.241 e. The minimum atomic E-state index is 0.225. The lowest BCUT2D eigenvalue weighted by molar-refractivity contribution is 0.545. The van der Waals surface area contributed by atoms with E-state index >= 15 is 0 Å². The van der Waals surface area contributed by atoms with Crippen molar-refractivity contribution in [2.75, 3.05) is 0 Å². The molecule has 0 N–H and O–H groups in total. The molecular formula is C54H53BN2. The number of aromatic nitrogens is 2. The van der Waals surface area contributed by atoms with E-state index in [4.69, 9.17) is 0 Å². The number of para-hydroxylation sites is 1. The van der Waals surface area contributed by atoms with Gasteiger partial charge in [0, 0.05) is 56.7 Å². The molecule has 0 spiro atoms. The lowest BCUT2D eigenvalue weighted by Crippen LogP contribution is -2.51. The SMILES string of the molecule is CC(C)Cn1c2ccccc2c2cc(-c3ccc4c(c3)c3cc(CC(C)Cc5ccc(B(c6ccccc6)c6ccccc6)cc5)ccc3n4CC(C)C)ccc21. The minimum Gasteiger partial charge on any atom is -0.340 e. The van der Waals surface area contributed by atoms with Gasteiger partial charge in [0.25, 0.3) is 0 Å². The van der Waals surface area contributed by atoms with Crippen LogP contribution in [0.2, 0.25) is 0 Å². The first kappa shape index (κ1) is 36.8. The van der Waals surface area contributed by atoms with E-state index in [1.165, 1.54) is 82.3 Å². The normalized spacial score (nSPS) is 12.5. The van der Waals surface area contributed by atoms with Crippen LogP contribution in [0.5, 0.6) is 0 Å². The van der Waals surface area contributed by atoms with E-state index in [-0.39, 0.29) is 6.71 Å². The van der Waals surface area contributed by atoms with Gasteiger partial charge in [-0.3, -0.25) is 0 Å². The quantitative estimate of drug-likeness (QED) is 0.110. The van der Waals surface area contributed by atoms with Crippen LogP contribution in [0.25, 0.3) is 54.7 Å². The molecule has 1 atom stereocenters. The largest absolute Gasteiger partial charge is 0.340 e. The number of benzene rings is 7. The maximum absolute atomic E-state index is 2.55. The Balaban J connectivity index is 1.01. The zero-order valence-corrected chi connectivity index (χ0v) is 34.1. The maximum Gasteiger partial charge on any atom is 0.241 e. The summed E-state index contributed by atoms with van der Waals surface area (Å²) in [5.41, 5.74) is 14.7. The van der Waals surface area contributed by atoms with Crippen molar-refractivity contribution in [3.8, 4) is 11.1 Å². The first-order valence-corrected chi connectivity index (χ1v) is 21.1. The van der Waals surface area contributed by atoms with Gasteiger partial charge >= 0.3 is 0 Å². The molecule has 0 aliphatic carbocycles. The molecule has 1 unspecified atom stereocenters. The molecule has 0 aliphatic rings. The number of nitrogens with zero attached hydrogens (tertiary/aromatic N) is 2. The van der Waals surface area contributed by atoms with E-state index in [0.29, 0.717) is 17.8 Å². The van der Waals surface area contributed by atoms with E-state index < -0.39 is 0 Å². The van der Waals surface area contributed by atoms with Crippen LogP contribution in [-0.4, -0.2) is 15.8 Å². The summed E-state index contributed by atoms with van der Waals surface area (Å²) in [4.78, 5) is 0. The third-order valence-corrected chi connectivity index (χ3v) is 11.9. The molecule has 3 heteroatoms. The van der Waals surface area contributed by atoms with Gasteiger partial charge in [0.1, 0.15) is 0 Å². The van der Waals surface area contributed by atoms with Crippen molar-refractivity contribution in [2.24, 2.45) is 17.8 Å². The average molecular weight is 741 g/mol.